The second-order valence-electron chi connectivity index (χ2n) is 4.60. The van der Waals surface area contributed by atoms with E-state index in [-0.39, 0.29) is 0 Å². The molecule has 1 N–H and O–H groups in total. The molecule has 0 saturated carbocycles. The molecule has 0 saturated heterocycles. The number of benzene rings is 2. The molecule has 0 unspecified atom stereocenters. The zero-order valence-electron chi connectivity index (χ0n) is 10.6. The van der Waals surface area contributed by atoms with Gasteiger partial charge in [0.2, 0.25) is 0 Å². The van der Waals surface area contributed by atoms with Crippen molar-refractivity contribution in [2.75, 3.05) is 5.32 Å². The molecule has 0 aliphatic rings. The molecule has 0 atom stereocenters. The van der Waals surface area contributed by atoms with Crippen LogP contribution in [0.1, 0.15) is 30.9 Å². The molecular weight excluding hydrogens is 220 g/mol. The van der Waals surface area contributed by atoms with Crippen LogP contribution in [-0.2, 0) is 0 Å². The average Bonchev–Trinajstić information content (AvgIpc) is 2.39. The Morgan fingerprint density at radius 3 is 2.33 bits per heavy atom. The normalized spacial score (nSPS) is 10.1. The predicted molar refractivity (Wildman–Crippen MR) is 75.0 cm³/mol. The van der Waals surface area contributed by atoms with Crippen LogP contribution in [0.4, 0.5) is 11.4 Å². The van der Waals surface area contributed by atoms with E-state index in [4.69, 9.17) is 5.26 Å². The number of nitrogens with one attached hydrogen (secondary N) is 1. The molecule has 0 aliphatic carbocycles. The first-order valence-corrected chi connectivity index (χ1v) is 6.06. The van der Waals surface area contributed by atoms with Gasteiger partial charge in [-0.1, -0.05) is 32.0 Å². The van der Waals surface area contributed by atoms with E-state index in [2.05, 4.69) is 37.4 Å². The quantitative estimate of drug-likeness (QED) is 0.856. The van der Waals surface area contributed by atoms with Crippen LogP contribution in [0.5, 0.6) is 0 Å². The smallest absolute Gasteiger partial charge is 0.0992 e. The van der Waals surface area contributed by atoms with Crippen LogP contribution in [0.3, 0.4) is 0 Å². The molecule has 90 valence electrons. The van der Waals surface area contributed by atoms with Crippen LogP contribution in [0.2, 0.25) is 0 Å². The van der Waals surface area contributed by atoms with Gasteiger partial charge < -0.3 is 5.32 Å². The van der Waals surface area contributed by atoms with Crippen molar-refractivity contribution in [3.8, 4) is 6.07 Å². The minimum absolute atomic E-state index is 0.511. The highest BCUT2D eigenvalue weighted by Gasteiger charge is 2.01. The minimum atomic E-state index is 0.511. The summed E-state index contributed by atoms with van der Waals surface area (Å²) >= 11 is 0. The third-order valence-corrected chi connectivity index (χ3v) is 2.83. The highest BCUT2D eigenvalue weighted by atomic mass is 14.9. The Morgan fingerprint density at radius 2 is 1.67 bits per heavy atom. The second-order valence-corrected chi connectivity index (χ2v) is 4.60. The summed E-state index contributed by atoms with van der Waals surface area (Å²) in [5, 5.41) is 12.2. The molecule has 2 nitrogen and oxygen atoms in total. The lowest BCUT2D eigenvalue weighted by atomic mass is 10.0. The summed E-state index contributed by atoms with van der Waals surface area (Å²) < 4.78 is 0. The van der Waals surface area contributed by atoms with Crippen molar-refractivity contribution >= 4 is 11.4 Å². The maximum atomic E-state index is 8.87. The molecule has 0 radical (unpaired) electrons. The summed E-state index contributed by atoms with van der Waals surface area (Å²) in [6.07, 6.45) is 0. The van der Waals surface area contributed by atoms with E-state index in [1.54, 1.807) is 6.07 Å². The van der Waals surface area contributed by atoms with Gasteiger partial charge in [-0.25, -0.2) is 0 Å². The van der Waals surface area contributed by atoms with Gasteiger partial charge in [-0.3, -0.25) is 0 Å². The fraction of sp³-hybridized carbons (Fsp3) is 0.188. The molecule has 0 spiro atoms. The van der Waals surface area contributed by atoms with Crippen molar-refractivity contribution in [3.63, 3.8) is 0 Å². The topological polar surface area (TPSA) is 35.8 Å². The molecule has 0 aliphatic heterocycles. The average molecular weight is 236 g/mol. The predicted octanol–water partition coefficient (Wildman–Crippen LogP) is 4.43. The van der Waals surface area contributed by atoms with Crippen molar-refractivity contribution in [3.05, 3.63) is 59.7 Å². The zero-order chi connectivity index (χ0) is 13.0. The molecule has 2 aromatic rings. The Bertz CT molecular complexity index is 580. The third kappa shape index (κ3) is 2.89. The Morgan fingerprint density at radius 1 is 1.00 bits per heavy atom. The Labute approximate surface area is 108 Å². The summed E-state index contributed by atoms with van der Waals surface area (Å²) in [7, 11) is 0. The standard InChI is InChI=1S/C16H16N2/c1-12(2)14-6-4-8-16(10-14)18-15-7-3-5-13(9-15)11-17/h3-10,12,18H,1-2H3. The lowest BCUT2D eigenvalue weighted by molar-refractivity contribution is 0.867. The van der Waals surface area contributed by atoms with Gasteiger partial charge in [-0.15, -0.1) is 0 Å². The van der Waals surface area contributed by atoms with Gasteiger partial charge in [0.05, 0.1) is 11.6 Å². The van der Waals surface area contributed by atoms with E-state index in [1.165, 1.54) is 5.56 Å². The lowest BCUT2D eigenvalue weighted by Gasteiger charge is -2.10. The Balaban J connectivity index is 2.23. The molecule has 0 fully saturated rings. The number of nitriles is 1. The summed E-state index contributed by atoms with van der Waals surface area (Å²) in [5.74, 6) is 0.511. The van der Waals surface area contributed by atoms with E-state index in [0.29, 0.717) is 11.5 Å². The first-order valence-electron chi connectivity index (χ1n) is 6.06. The van der Waals surface area contributed by atoms with E-state index < -0.39 is 0 Å². The summed E-state index contributed by atoms with van der Waals surface area (Å²) in [5.41, 5.74) is 3.96. The molecule has 2 heteroatoms. The van der Waals surface area contributed by atoms with Gasteiger partial charge in [0.15, 0.2) is 0 Å². The maximum Gasteiger partial charge on any atom is 0.0992 e. The van der Waals surface area contributed by atoms with Crippen molar-refractivity contribution in [2.45, 2.75) is 19.8 Å². The molecule has 18 heavy (non-hydrogen) atoms. The fourth-order valence-corrected chi connectivity index (χ4v) is 1.81. The van der Waals surface area contributed by atoms with Crippen molar-refractivity contribution in [1.29, 1.82) is 5.26 Å². The molecule has 2 aromatic carbocycles. The molecule has 0 heterocycles. The van der Waals surface area contributed by atoms with Gasteiger partial charge in [0.1, 0.15) is 0 Å². The van der Waals surface area contributed by atoms with Crippen LogP contribution in [0, 0.1) is 11.3 Å². The van der Waals surface area contributed by atoms with Crippen molar-refractivity contribution in [1.82, 2.24) is 0 Å². The summed E-state index contributed by atoms with van der Waals surface area (Å²) in [4.78, 5) is 0. The highest BCUT2D eigenvalue weighted by Crippen LogP contribution is 2.22. The largest absolute Gasteiger partial charge is 0.355 e. The van der Waals surface area contributed by atoms with Crippen LogP contribution >= 0.6 is 0 Å². The first-order chi connectivity index (χ1) is 8.69. The van der Waals surface area contributed by atoms with E-state index in [9.17, 15) is 0 Å². The van der Waals surface area contributed by atoms with Gasteiger partial charge >= 0.3 is 0 Å². The number of anilines is 2. The van der Waals surface area contributed by atoms with E-state index in [0.717, 1.165) is 11.4 Å². The van der Waals surface area contributed by atoms with E-state index >= 15 is 0 Å². The maximum absolute atomic E-state index is 8.87. The molecule has 0 aromatic heterocycles. The first kappa shape index (κ1) is 12.2. The highest BCUT2D eigenvalue weighted by molar-refractivity contribution is 5.62. The number of hydrogen-bond donors (Lipinski definition) is 1. The summed E-state index contributed by atoms with van der Waals surface area (Å²) in [6.45, 7) is 4.35. The fourth-order valence-electron chi connectivity index (χ4n) is 1.81. The van der Waals surface area contributed by atoms with Gasteiger partial charge in [0.25, 0.3) is 0 Å². The Kier molecular flexibility index (Phi) is 3.64. The SMILES string of the molecule is CC(C)c1cccc(Nc2cccc(C#N)c2)c1. The van der Waals surface area contributed by atoms with E-state index in [1.807, 2.05) is 30.3 Å². The van der Waals surface area contributed by atoms with Crippen LogP contribution in [0.15, 0.2) is 48.5 Å². The Hall–Kier alpha value is -2.27. The number of rotatable bonds is 3. The molecule has 0 amide bonds. The van der Waals surface area contributed by atoms with Crippen molar-refractivity contribution in [2.24, 2.45) is 0 Å². The number of hydrogen-bond acceptors (Lipinski definition) is 2. The zero-order valence-corrected chi connectivity index (χ0v) is 10.6. The second kappa shape index (κ2) is 5.37. The number of nitrogens with zero attached hydrogens (tertiary/aromatic N) is 1. The minimum Gasteiger partial charge on any atom is -0.355 e. The van der Waals surface area contributed by atoms with Gasteiger partial charge in [-0.05, 0) is 41.8 Å². The lowest BCUT2D eigenvalue weighted by Crippen LogP contribution is -1.93. The molecule has 2 rings (SSSR count). The van der Waals surface area contributed by atoms with Gasteiger partial charge in [-0.2, -0.15) is 5.26 Å². The third-order valence-electron chi connectivity index (χ3n) is 2.83. The summed E-state index contributed by atoms with van der Waals surface area (Å²) in [6, 6.07) is 18.0. The monoisotopic (exact) mass is 236 g/mol. The molecule has 0 bridgehead atoms. The van der Waals surface area contributed by atoms with Gasteiger partial charge in [0, 0.05) is 11.4 Å². The molecular formula is C16H16N2. The van der Waals surface area contributed by atoms with Crippen LogP contribution in [-0.4, -0.2) is 0 Å². The van der Waals surface area contributed by atoms with Crippen LogP contribution in [0.25, 0.3) is 0 Å². The van der Waals surface area contributed by atoms with Crippen LogP contribution < -0.4 is 5.32 Å². The van der Waals surface area contributed by atoms with Crippen molar-refractivity contribution < 1.29 is 0 Å².